The van der Waals surface area contributed by atoms with Gasteiger partial charge in [0, 0.05) is 29.7 Å². The Morgan fingerprint density at radius 1 is 1.06 bits per heavy atom. The molecule has 0 saturated heterocycles. The standard InChI is InChI=1S/C25H30FN3O2/c1-4-5-12-29-22-11-10-21(28-24(30)13-18-6-8-20(26)9-7-18)14-19(22)15-23(29)25(31)27-16-17(2)3/h6-11,14-15,17H,4-5,12-13,16H2,1-3H3,(H,27,31)(H,28,30). The number of aryl methyl sites for hydroxylation is 1. The summed E-state index contributed by atoms with van der Waals surface area (Å²) in [6.07, 6.45) is 2.17. The lowest BCUT2D eigenvalue weighted by atomic mass is 10.1. The summed E-state index contributed by atoms with van der Waals surface area (Å²) in [4.78, 5) is 25.2. The Morgan fingerprint density at radius 2 is 1.81 bits per heavy atom. The molecule has 6 heteroatoms. The van der Waals surface area contributed by atoms with Crippen molar-refractivity contribution >= 4 is 28.4 Å². The second-order valence-corrected chi connectivity index (χ2v) is 8.26. The monoisotopic (exact) mass is 423 g/mol. The normalized spacial score (nSPS) is 11.1. The van der Waals surface area contributed by atoms with Gasteiger partial charge in [-0.15, -0.1) is 0 Å². The van der Waals surface area contributed by atoms with Gasteiger partial charge in [-0.05, 0) is 54.3 Å². The number of carbonyl (C=O) groups excluding carboxylic acids is 2. The van der Waals surface area contributed by atoms with Gasteiger partial charge in [-0.1, -0.05) is 39.3 Å². The molecule has 0 bridgehead atoms. The van der Waals surface area contributed by atoms with Crippen LogP contribution >= 0.6 is 0 Å². The number of hydrogen-bond acceptors (Lipinski definition) is 2. The summed E-state index contributed by atoms with van der Waals surface area (Å²) in [6.45, 7) is 7.64. The number of halogens is 1. The molecule has 0 aliphatic heterocycles. The highest BCUT2D eigenvalue weighted by atomic mass is 19.1. The van der Waals surface area contributed by atoms with Crippen LogP contribution in [0.3, 0.4) is 0 Å². The van der Waals surface area contributed by atoms with Gasteiger partial charge in [0.25, 0.3) is 5.91 Å². The first-order valence-corrected chi connectivity index (χ1v) is 10.8. The fourth-order valence-electron chi connectivity index (χ4n) is 3.47. The fraction of sp³-hybridized carbons (Fsp3) is 0.360. The number of hydrogen-bond donors (Lipinski definition) is 2. The first-order valence-electron chi connectivity index (χ1n) is 10.8. The van der Waals surface area contributed by atoms with Crippen LogP contribution < -0.4 is 10.6 Å². The maximum absolute atomic E-state index is 13.0. The molecule has 1 aromatic heterocycles. The number of nitrogens with one attached hydrogen (secondary N) is 2. The van der Waals surface area contributed by atoms with E-state index in [0.717, 1.165) is 35.9 Å². The maximum atomic E-state index is 13.0. The molecule has 0 saturated carbocycles. The summed E-state index contributed by atoms with van der Waals surface area (Å²) in [5.74, 6) is -0.204. The van der Waals surface area contributed by atoms with E-state index in [0.29, 0.717) is 23.8 Å². The molecule has 5 nitrogen and oxygen atoms in total. The lowest BCUT2D eigenvalue weighted by Gasteiger charge is -2.12. The lowest BCUT2D eigenvalue weighted by Crippen LogP contribution is -2.29. The van der Waals surface area contributed by atoms with Crippen molar-refractivity contribution in [1.29, 1.82) is 0 Å². The molecule has 3 aromatic rings. The van der Waals surface area contributed by atoms with Gasteiger partial charge >= 0.3 is 0 Å². The van der Waals surface area contributed by atoms with Crippen LogP contribution in [-0.2, 0) is 17.8 Å². The van der Waals surface area contributed by atoms with E-state index in [1.807, 2.05) is 24.3 Å². The largest absolute Gasteiger partial charge is 0.351 e. The molecule has 2 aromatic carbocycles. The van der Waals surface area contributed by atoms with Crippen molar-refractivity contribution in [2.24, 2.45) is 5.92 Å². The van der Waals surface area contributed by atoms with Crippen molar-refractivity contribution in [3.05, 3.63) is 65.6 Å². The number of benzene rings is 2. The second kappa shape index (κ2) is 10.2. The average Bonchev–Trinajstić information content (AvgIpc) is 3.09. The summed E-state index contributed by atoms with van der Waals surface area (Å²) in [5.41, 5.74) is 3.02. The van der Waals surface area contributed by atoms with Crippen LogP contribution in [0.2, 0.25) is 0 Å². The zero-order valence-electron chi connectivity index (χ0n) is 18.4. The molecule has 2 amide bonds. The number of fused-ring (bicyclic) bond motifs is 1. The molecule has 0 aliphatic carbocycles. The minimum Gasteiger partial charge on any atom is -0.351 e. The van der Waals surface area contributed by atoms with E-state index in [2.05, 4.69) is 36.0 Å². The zero-order chi connectivity index (χ0) is 22.4. The second-order valence-electron chi connectivity index (χ2n) is 8.26. The fourth-order valence-corrected chi connectivity index (χ4v) is 3.47. The van der Waals surface area contributed by atoms with Gasteiger partial charge < -0.3 is 15.2 Å². The van der Waals surface area contributed by atoms with E-state index in [1.54, 1.807) is 12.1 Å². The van der Waals surface area contributed by atoms with Crippen LogP contribution in [0.1, 0.15) is 49.7 Å². The molecule has 0 radical (unpaired) electrons. The van der Waals surface area contributed by atoms with Crippen LogP contribution in [-0.4, -0.2) is 22.9 Å². The van der Waals surface area contributed by atoms with Crippen molar-refractivity contribution in [1.82, 2.24) is 9.88 Å². The van der Waals surface area contributed by atoms with E-state index in [4.69, 9.17) is 0 Å². The zero-order valence-corrected chi connectivity index (χ0v) is 18.4. The van der Waals surface area contributed by atoms with E-state index in [9.17, 15) is 14.0 Å². The van der Waals surface area contributed by atoms with Crippen molar-refractivity contribution in [2.45, 2.75) is 46.6 Å². The quantitative estimate of drug-likeness (QED) is 0.500. The van der Waals surface area contributed by atoms with Crippen LogP contribution in [0.4, 0.5) is 10.1 Å². The van der Waals surface area contributed by atoms with Gasteiger partial charge in [0.1, 0.15) is 11.5 Å². The van der Waals surface area contributed by atoms with Crippen molar-refractivity contribution in [3.8, 4) is 0 Å². The van der Waals surface area contributed by atoms with Gasteiger partial charge in [0.15, 0.2) is 0 Å². The number of unbranched alkanes of at least 4 members (excludes halogenated alkanes) is 1. The van der Waals surface area contributed by atoms with Crippen molar-refractivity contribution in [2.75, 3.05) is 11.9 Å². The molecular formula is C25H30FN3O2. The van der Waals surface area contributed by atoms with Crippen LogP contribution in [0.15, 0.2) is 48.5 Å². The number of carbonyl (C=O) groups is 2. The third-order valence-corrected chi connectivity index (χ3v) is 5.10. The third kappa shape index (κ3) is 5.94. The molecule has 0 fully saturated rings. The Bertz CT molecular complexity index is 1050. The van der Waals surface area contributed by atoms with Gasteiger partial charge in [0.05, 0.1) is 6.42 Å². The number of anilines is 1. The topological polar surface area (TPSA) is 63.1 Å². The number of aromatic nitrogens is 1. The molecule has 1 heterocycles. The molecule has 0 spiro atoms. The molecule has 164 valence electrons. The predicted octanol–water partition coefficient (Wildman–Crippen LogP) is 5.15. The first-order chi connectivity index (χ1) is 14.9. The van der Waals surface area contributed by atoms with Crippen molar-refractivity contribution < 1.29 is 14.0 Å². The van der Waals surface area contributed by atoms with Crippen LogP contribution in [0, 0.1) is 11.7 Å². The third-order valence-electron chi connectivity index (χ3n) is 5.10. The van der Waals surface area contributed by atoms with Gasteiger partial charge in [0.2, 0.25) is 5.91 Å². The Kier molecular flexibility index (Phi) is 7.45. The minimum atomic E-state index is -0.324. The summed E-state index contributed by atoms with van der Waals surface area (Å²) in [7, 11) is 0. The number of rotatable bonds is 9. The average molecular weight is 424 g/mol. The Morgan fingerprint density at radius 3 is 2.48 bits per heavy atom. The molecule has 0 atom stereocenters. The SMILES string of the molecule is CCCCn1c(C(=O)NCC(C)C)cc2cc(NC(=O)Cc3ccc(F)cc3)ccc21. The molecular weight excluding hydrogens is 393 g/mol. The summed E-state index contributed by atoms with van der Waals surface area (Å²) in [5, 5.41) is 6.80. The highest BCUT2D eigenvalue weighted by molar-refractivity contribution is 6.00. The molecule has 0 unspecified atom stereocenters. The molecule has 0 aliphatic rings. The molecule has 2 N–H and O–H groups in total. The summed E-state index contributed by atoms with van der Waals surface area (Å²) < 4.78 is 15.1. The van der Waals surface area contributed by atoms with E-state index in [-0.39, 0.29) is 24.1 Å². The Hall–Kier alpha value is -3.15. The maximum Gasteiger partial charge on any atom is 0.267 e. The van der Waals surface area contributed by atoms with E-state index >= 15 is 0 Å². The predicted molar refractivity (Wildman–Crippen MR) is 123 cm³/mol. The highest BCUT2D eigenvalue weighted by Gasteiger charge is 2.16. The summed E-state index contributed by atoms with van der Waals surface area (Å²) >= 11 is 0. The van der Waals surface area contributed by atoms with Gasteiger partial charge in [-0.2, -0.15) is 0 Å². The van der Waals surface area contributed by atoms with Gasteiger partial charge in [-0.25, -0.2) is 4.39 Å². The summed E-state index contributed by atoms with van der Waals surface area (Å²) in [6, 6.07) is 13.5. The lowest BCUT2D eigenvalue weighted by molar-refractivity contribution is -0.115. The Labute approximate surface area is 182 Å². The first kappa shape index (κ1) is 22.5. The molecule has 3 rings (SSSR count). The van der Waals surface area contributed by atoms with Crippen LogP contribution in [0.5, 0.6) is 0 Å². The minimum absolute atomic E-state index is 0.0806. The van der Waals surface area contributed by atoms with Gasteiger partial charge in [-0.3, -0.25) is 9.59 Å². The number of amides is 2. The highest BCUT2D eigenvalue weighted by Crippen LogP contribution is 2.25. The Balaban J connectivity index is 1.80. The number of nitrogens with zero attached hydrogens (tertiary/aromatic N) is 1. The smallest absolute Gasteiger partial charge is 0.267 e. The van der Waals surface area contributed by atoms with Crippen molar-refractivity contribution in [3.63, 3.8) is 0 Å². The van der Waals surface area contributed by atoms with Crippen LogP contribution in [0.25, 0.3) is 10.9 Å². The van der Waals surface area contributed by atoms with E-state index < -0.39 is 0 Å². The molecule has 31 heavy (non-hydrogen) atoms. The van der Waals surface area contributed by atoms with E-state index in [1.165, 1.54) is 12.1 Å².